The third-order valence-electron chi connectivity index (χ3n) is 4.80. The van der Waals surface area contributed by atoms with Crippen LogP contribution in [-0.2, 0) is 32.1 Å². The number of hydrogen-bond donors (Lipinski definition) is 2. The predicted molar refractivity (Wildman–Crippen MR) is 107 cm³/mol. The summed E-state index contributed by atoms with van der Waals surface area (Å²) in [6, 6.07) is 12.1. The second kappa shape index (κ2) is 9.47. The molecule has 1 fully saturated rings. The summed E-state index contributed by atoms with van der Waals surface area (Å²) >= 11 is 0. The second-order valence-electron chi connectivity index (χ2n) is 6.86. The standard InChI is InChI=1S/C19H21B2N3O5/c1-21(28)24(12-20-27)16-10-14(7-8-22-16)9-15-17(23-18(15)25)19(26)29-11-13-5-3-2-4-6-13/h2-8,10,15,17,28H,9,11-12H2,1H3,(H,23,25)/t15-,17+/m1/s1. The van der Waals surface area contributed by atoms with Gasteiger partial charge in [0.05, 0.1) is 0 Å². The summed E-state index contributed by atoms with van der Waals surface area (Å²) in [6.45, 7) is 1.68. The van der Waals surface area contributed by atoms with E-state index in [9.17, 15) is 19.3 Å². The van der Waals surface area contributed by atoms with Crippen molar-refractivity contribution < 1.29 is 24.1 Å². The number of benzene rings is 1. The van der Waals surface area contributed by atoms with E-state index in [1.54, 1.807) is 18.3 Å². The molecular weight excluding hydrogens is 372 g/mol. The molecule has 2 N–H and O–H groups in total. The van der Waals surface area contributed by atoms with Crippen molar-refractivity contribution in [3.63, 3.8) is 0 Å². The quantitative estimate of drug-likeness (QED) is 0.361. The Balaban J connectivity index is 1.64. The van der Waals surface area contributed by atoms with Crippen LogP contribution in [-0.4, -0.2) is 48.6 Å². The van der Waals surface area contributed by atoms with Crippen LogP contribution in [0.15, 0.2) is 48.7 Å². The zero-order valence-corrected chi connectivity index (χ0v) is 16.0. The molecule has 8 nitrogen and oxygen atoms in total. The van der Waals surface area contributed by atoms with Crippen LogP contribution in [0.25, 0.3) is 0 Å². The first-order chi connectivity index (χ1) is 14.0. The average Bonchev–Trinajstić information content (AvgIpc) is 2.73. The number of anilines is 1. The van der Waals surface area contributed by atoms with Crippen LogP contribution in [0.4, 0.5) is 5.82 Å². The molecule has 10 heteroatoms. The van der Waals surface area contributed by atoms with Gasteiger partial charge in [-0.3, -0.25) is 0 Å². The summed E-state index contributed by atoms with van der Waals surface area (Å²) in [5, 5.41) is 12.4. The van der Waals surface area contributed by atoms with Crippen LogP contribution < -0.4 is 10.1 Å². The molecule has 1 aliphatic rings. The average molecular weight is 393 g/mol. The zero-order chi connectivity index (χ0) is 20.8. The van der Waals surface area contributed by atoms with E-state index in [0.717, 1.165) is 11.1 Å². The molecule has 1 amide bonds. The van der Waals surface area contributed by atoms with Crippen LogP contribution >= 0.6 is 0 Å². The number of rotatable bonds is 9. The summed E-state index contributed by atoms with van der Waals surface area (Å²) in [7, 11) is -0.213. The van der Waals surface area contributed by atoms with Gasteiger partial charge >= 0.3 is 139 Å². The van der Waals surface area contributed by atoms with Crippen molar-refractivity contribution in [3.8, 4) is 0 Å². The Bertz CT molecular complexity index is 881. The van der Waals surface area contributed by atoms with Crippen molar-refractivity contribution in [1.82, 2.24) is 10.3 Å². The van der Waals surface area contributed by atoms with Crippen molar-refractivity contribution in [2.45, 2.75) is 25.9 Å². The topological polar surface area (TPSA) is 109 Å². The Morgan fingerprint density at radius 1 is 1.31 bits per heavy atom. The number of ether oxygens (including phenoxy) is 1. The number of hydrogen-bond acceptors (Lipinski definition) is 7. The molecule has 0 spiro atoms. The van der Waals surface area contributed by atoms with Gasteiger partial charge < -0.3 is 0 Å². The molecule has 1 saturated heterocycles. The molecule has 3 rings (SSSR count). The van der Waals surface area contributed by atoms with Crippen LogP contribution in [0.5, 0.6) is 0 Å². The van der Waals surface area contributed by atoms with E-state index in [1.807, 2.05) is 30.3 Å². The first kappa shape index (κ1) is 20.7. The van der Waals surface area contributed by atoms with Crippen LogP contribution in [0.1, 0.15) is 11.1 Å². The predicted octanol–water partition coefficient (Wildman–Crippen LogP) is 0.406. The van der Waals surface area contributed by atoms with Gasteiger partial charge in [0, 0.05) is 0 Å². The molecule has 2 heterocycles. The number of carbonyl (C=O) groups is 2. The third-order valence-corrected chi connectivity index (χ3v) is 4.80. The Hall–Kier alpha value is -3.00. The van der Waals surface area contributed by atoms with E-state index in [4.69, 9.17) is 4.74 Å². The van der Waals surface area contributed by atoms with Crippen molar-refractivity contribution in [2.75, 3.05) is 11.3 Å². The second-order valence-corrected chi connectivity index (χ2v) is 6.86. The van der Waals surface area contributed by atoms with E-state index >= 15 is 0 Å². The fourth-order valence-corrected chi connectivity index (χ4v) is 3.18. The molecule has 1 aromatic heterocycles. The van der Waals surface area contributed by atoms with Gasteiger partial charge in [-0.15, -0.1) is 0 Å². The van der Waals surface area contributed by atoms with Crippen LogP contribution in [0.3, 0.4) is 0 Å². The fraction of sp³-hybridized carbons (Fsp3) is 0.316. The van der Waals surface area contributed by atoms with Gasteiger partial charge in [0.25, 0.3) is 0 Å². The number of nitrogens with zero attached hydrogens (tertiary/aromatic N) is 2. The molecule has 2 aromatic rings. The van der Waals surface area contributed by atoms with E-state index < -0.39 is 25.0 Å². The van der Waals surface area contributed by atoms with E-state index in [-0.39, 0.29) is 19.0 Å². The van der Waals surface area contributed by atoms with Crippen LogP contribution in [0, 0.1) is 5.92 Å². The van der Waals surface area contributed by atoms with Gasteiger partial charge in [-0.2, -0.15) is 0 Å². The summed E-state index contributed by atoms with van der Waals surface area (Å²) in [4.78, 5) is 30.0. The number of nitrogens with one attached hydrogen (secondary N) is 1. The molecular formula is C19H21B2N3O5. The van der Waals surface area contributed by atoms with Gasteiger partial charge in [0.2, 0.25) is 0 Å². The monoisotopic (exact) mass is 393 g/mol. The van der Waals surface area contributed by atoms with E-state index in [1.165, 1.54) is 11.6 Å². The molecule has 0 radical (unpaired) electrons. The zero-order valence-electron chi connectivity index (χ0n) is 16.0. The summed E-state index contributed by atoms with van der Waals surface area (Å²) in [5.74, 6) is -0.809. The molecule has 1 aromatic carbocycles. The van der Waals surface area contributed by atoms with Crippen molar-refractivity contribution in [3.05, 3.63) is 59.8 Å². The molecule has 2 atom stereocenters. The van der Waals surface area contributed by atoms with Gasteiger partial charge in [-0.1, -0.05) is 30.3 Å². The number of esters is 1. The first-order valence-corrected chi connectivity index (χ1v) is 9.34. The number of carbonyl (C=O) groups excluding carboxylic acids is 2. The summed E-state index contributed by atoms with van der Waals surface area (Å²) in [6.07, 6.45) is 1.86. The first-order valence-electron chi connectivity index (χ1n) is 9.34. The van der Waals surface area contributed by atoms with Crippen molar-refractivity contribution >= 4 is 31.9 Å². The maximum atomic E-state index is 12.4. The Kier molecular flexibility index (Phi) is 6.77. The van der Waals surface area contributed by atoms with Gasteiger partial charge in [-0.25, -0.2) is 0 Å². The van der Waals surface area contributed by atoms with Crippen LogP contribution in [0.2, 0.25) is 6.82 Å². The summed E-state index contributed by atoms with van der Waals surface area (Å²) in [5.41, 5.74) is 1.64. The number of aromatic nitrogens is 1. The van der Waals surface area contributed by atoms with Gasteiger partial charge in [0.15, 0.2) is 0 Å². The minimum atomic E-state index is -0.893. The minimum absolute atomic E-state index is 0.00747. The number of pyridine rings is 1. The molecule has 0 bridgehead atoms. The Morgan fingerprint density at radius 3 is 2.72 bits per heavy atom. The van der Waals surface area contributed by atoms with Crippen molar-refractivity contribution in [2.24, 2.45) is 5.92 Å². The molecule has 0 aliphatic carbocycles. The van der Waals surface area contributed by atoms with Gasteiger partial charge in [-0.05, 0) is 0 Å². The van der Waals surface area contributed by atoms with Gasteiger partial charge in [0.1, 0.15) is 0 Å². The normalized spacial score (nSPS) is 17.5. The Labute approximate surface area is 169 Å². The van der Waals surface area contributed by atoms with E-state index in [0.29, 0.717) is 19.4 Å². The number of amides is 1. The van der Waals surface area contributed by atoms with Crippen molar-refractivity contribution in [1.29, 1.82) is 0 Å². The number of β-lactam (4-membered cyclic amide) rings is 1. The molecule has 29 heavy (non-hydrogen) atoms. The maximum absolute atomic E-state index is 12.4. The fourth-order valence-electron chi connectivity index (χ4n) is 3.18. The molecule has 1 aliphatic heterocycles. The molecule has 0 unspecified atom stereocenters. The molecule has 0 saturated carbocycles. The third kappa shape index (κ3) is 5.08. The summed E-state index contributed by atoms with van der Waals surface area (Å²) < 4.78 is 16.2. The Morgan fingerprint density at radius 2 is 2.07 bits per heavy atom. The SMILES string of the molecule is CB(O)N(CB=O)c1cc(C[C@H]2C(=O)N[C@@H]2C(=O)OCc2ccccc2)ccn1. The van der Waals surface area contributed by atoms with E-state index in [2.05, 4.69) is 10.3 Å². The molecule has 148 valence electrons.